The van der Waals surface area contributed by atoms with E-state index in [1.807, 2.05) is 24.3 Å². The number of aromatic nitrogens is 3. The molecule has 3 aliphatic rings. The fourth-order valence-electron chi connectivity index (χ4n) is 5.15. The van der Waals surface area contributed by atoms with Crippen LogP contribution in [-0.2, 0) is 16.1 Å². The molecule has 2 N–H and O–H groups in total. The number of piperidine rings is 1. The number of benzene rings is 1. The van der Waals surface area contributed by atoms with Gasteiger partial charge < -0.3 is 24.4 Å². The molecule has 3 aromatic rings. The fraction of sp³-hybridized carbons (Fsp3) is 0.333. The average molecular weight is 603 g/mol. The van der Waals surface area contributed by atoms with Crippen molar-refractivity contribution < 1.29 is 28.6 Å². The summed E-state index contributed by atoms with van der Waals surface area (Å²) in [6, 6.07) is 9.05. The molecule has 2 amide bonds. The summed E-state index contributed by atoms with van der Waals surface area (Å²) < 4.78 is 16.2. The van der Waals surface area contributed by atoms with Crippen LogP contribution < -0.4 is 25.0 Å². The molecule has 2 aromatic heterocycles. The zero-order valence-electron chi connectivity index (χ0n) is 23.5. The Kier molecular flexibility index (Phi) is 8.52. The summed E-state index contributed by atoms with van der Waals surface area (Å²) in [7, 11) is 0. The van der Waals surface area contributed by atoms with Crippen LogP contribution in [-0.4, -0.2) is 65.1 Å². The van der Waals surface area contributed by atoms with E-state index in [4.69, 9.17) is 14.2 Å². The van der Waals surface area contributed by atoms with Gasteiger partial charge in [-0.3, -0.25) is 19.9 Å². The van der Waals surface area contributed by atoms with Gasteiger partial charge in [-0.25, -0.2) is 14.8 Å². The van der Waals surface area contributed by atoms with Crippen molar-refractivity contribution in [3.63, 3.8) is 0 Å². The molecule has 2 saturated heterocycles. The first-order valence-corrected chi connectivity index (χ1v) is 14.9. The van der Waals surface area contributed by atoms with Gasteiger partial charge in [0.1, 0.15) is 0 Å². The number of nitrogens with one attached hydrogen (secondary N) is 2. The van der Waals surface area contributed by atoms with Gasteiger partial charge in [-0.15, -0.1) is 0 Å². The first-order chi connectivity index (χ1) is 21.0. The normalized spacial score (nSPS) is 17.4. The highest BCUT2D eigenvalue weighted by molar-refractivity contribution is 8.18. The Morgan fingerprint density at radius 3 is 2.79 bits per heavy atom. The molecule has 0 spiro atoms. The molecule has 222 valence electrons. The van der Waals surface area contributed by atoms with Crippen LogP contribution in [0.15, 0.2) is 47.6 Å². The predicted molar refractivity (Wildman–Crippen MR) is 160 cm³/mol. The number of carbonyl (C=O) groups is 3. The van der Waals surface area contributed by atoms with Gasteiger partial charge in [0.15, 0.2) is 11.5 Å². The number of hydrogen-bond acceptors (Lipinski definition) is 12. The van der Waals surface area contributed by atoms with E-state index in [1.165, 1.54) is 0 Å². The number of rotatable bonds is 9. The molecule has 0 saturated carbocycles. The molecular formula is C30H30N6O6S. The quantitative estimate of drug-likeness (QED) is 0.272. The highest BCUT2D eigenvalue weighted by Gasteiger charge is 2.26. The number of ether oxygens (including phenoxy) is 3. The highest BCUT2D eigenvalue weighted by atomic mass is 32.2. The van der Waals surface area contributed by atoms with Crippen LogP contribution >= 0.6 is 11.8 Å². The Morgan fingerprint density at radius 1 is 1.16 bits per heavy atom. The molecule has 0 unspecified atom stereocenters. The van der Waals surface area contributed by atoms with Gasteiger partial charge in [0, 0.05) is 37.6 Å². The third-order valence-electron chi connectivity index (χ3n) is 7.33. The Labute approximate surface area is 252 Å². The van der Waals surface area contributed by atoms with Crippen LogP contribution in [0.1, 0.15) is 41.4 Å². The second kappa shape index (κ2) is 12.8. The number of hydrogen-bond donors (Lipinski definition) is 2. The average Bonchev–Trinajstić information content (AvgIpc) is 3.62. The van der Waals surface area contributed by atoms with Crippen LogP contribution in [0.3, 0.4) is 0 Å². The molecule has 0 aliphatic carbocycles. The molecule has 13 heteroatoms. The van der Waals surface area contributed by atoms with Crippen LogP contribution in [0, 0.1) is 5.92 Å². The zero-order valence-corrected chi connectivity index (χ0v) is 24.3. The van der Waals surface area contributed by atoms with E-state index in [0.717, 1.165) is 55.4 Å². The van der Waals surface area contributed by atoms with Crippen LogP contribution in [0.25, 0.3) is 17.3 Å². The molecular weight excluding hydrogens is 572 g/mol. The third-order valence-corrected chi connectivity index (χ3v) is 8.14. The minimum atomic E-state index is -0.418. The maximum Gasteiger partial charge on any atom is 0.340 e. The molecule has 3 aliphatic heterocycles. The standard InChI is InChI=1S/C30H30N6O6S/c1-2-40-28(38)22-11-19(16-33-26(22)20-3-4-23-24(12-20)42-17-41-23)15-31-14-18-6-9-36(10-7-18)29-32-8-5-21(34-29)13-25-27(37)35-30(39)43-25/h3-5,8,11-13,16,18,31H,2,6-7,9-10,14-15,17H2,1H3,(H,35,37,39)/b25-13-. The van der Waals surface area contributed by atoms with E-state index in [2.05, 4.69) is 30.5 Å². The van der Waals surface area contributed by atoms with Gasteiger partial charge >= 0.3 is 5.97 Å². The molecule has 1 aromatic carbocycles. The monoisotopic (exact) mass is 602 g/mol. The maximum absolute atomic E-state index is 12.8. The number of imide groups is 1. The molecule has 0 radical (unpaired) electrons. The van der Waals surface area contributed by atoms with Crippen molar-refractivity contribution in [3.05, 3.63) is 64.5 Å². The summed E-state index contributed by atoms with van der Waals surface area (Å²) in [6.45, 7) is 5.21. The van der Waals surface area contributed by atoms with E-state index in [9.17, 15) is 14.4 Å². The van der Waals surface area contributed by atoms with Crippen molar-refractivity contribution >= 4 is 40.9 Å². The van der Waals surface area contributed by atoms with Crippen molar-refractivity contribution in [3.8, 4) is 22.8 Å². The summed E-state index contributed by atoms with van der Waals surface area (Å²) in [5.41, 5.74) is 3.17. The SMILES string of the molecule is CCOC(=O)c1cc(CNCC2CCN(c3nccc(/C=C4\SC(=O)NC4=O)n3)CC2)cnc1-c1ccc2c(c1)OCO2. The molecule has 0 bridgehead atoms. The van der Waals surface area contributed by atoms with E-state index in [1.54, 1.807) is 31.5 Å². The van der Waals surface area contributed by atoms with E-state index in [0.29, 0.717) is 51.8 Å². The van der Waals surface area contributed by atoms with Crippen LogP contribution in [0.4, 0.5) is 10.7 Å². The Balaban J connectivity index is 1.04. The Bertz CT molecular complexity index is 1590. The Morgan fingerprint density at radius 2 is 2.00 bits per heavy atom. The van der Waals surface area contributed by atoms with Crippen molar-refractivity contribution in [2.75, 3.05) is 37.9 Å². The van der Waals surface area contributed by atoms with E-state index < -0.39 is 11.9 Å². The minimum Gasteiger partial charge on any atom is -0.462 e. The first kappa shape index (κ1) is 28.6. The molecule has 2 fully saturated rings. The second-order valence-electron chi connectivity index (χ2n) is 10.2. The lowest BCUT2D eigenvalue weighted by Crippen LogP contribution is -2.38. The number of thioether (sulfide) groups is 1. The van der Waals surface area contributed by atoms with E-state index in [-0.39, 0.29) is 18.6 Å². The third kappa shape index (κ3) is 6.62. The molecule has 6 rings (SSSR count). The lowest BCUT2D eigenvalue weighted by Gasteiger charge is -2.32. The molecule has 12 nitrogen and oxygen atoms in total. The second-order valence-corrected chi connectivity index (χ2v) is 11.2. The summed E-state index contributed by atoms with van der Waals surface area (Å²) in [5.74, 6) is 1.54. The van der Waals surface area contributed by atoms with Gasteiger partial charge in [-0.05, 0) is 86.0 Å². The number of esters is 1. The number of pyridine rings is 1. The first-order valence-electron chi connectivity index (χ1n) is 14.1. The van der Waals surface area contributed by atoms with Gasteiger partial charge in [-0.2, -0.15) is 0 Å². The van der Waals surface area contributed by atoms with Crippen molar-refractivity contribution in [2.24, 2.45) is 5.92 Å². The van der Waals surface area contributed by atoms with Gasteiger partial charge in [0.05, 0.1) is 28.5 Å². The van der Waals surface area contributed by atoms with Gasteiger partial charge in [-0.1, -0.05) is 0 Å². The number of amides is 2. The summed E-state index contributed by atoms with van der Waals surface area (Å²) in [4.78, 5) is 52.2. The summed E-state index contributed by atoms with van der Waals surface area (Å²) >= 11 is 0.869. The van der Waals surface area contributed by atoms with Crippen molar-refractivity contribution in [1.29, 1.82) is 0 Å². The molecule has 0 atom stereocenters. The highest BCUT2D eigenvalue weighted by Crippen LogP contribution is 2.36. The van der Waals surface area contributed by atoms with Gasteiger partial charge in [0.25, 0.3) is 11.1 Å². The summed E-state index contributed by atoms with van der Waals surface area (Å²) in [5, 5.41) is 5.39. The summed E-state index contributed by atoms with van der Waals surface area (Å²) in [6.07, 6.45) is 6.98. The van der Waals surface area contributed by atoms with Crippen LogP contribution in [0.2, 0.25) is 0 Å². The Hall–Kier alpha value is -4.49. The lowest BCUT2D eigenvalue weighted by molar-refractivity contribution is -0.115. The van der Waals surface area contributed by atoms with Gasteiger partial charge in [0.2, 0.25) is 12.7 Å². The van der Waals surface area contributed by atoms with Crippen molar-refractivity contribution in [1.82, 2.24) is 25.6 Å². The smallest absolute Gasteiger partial charge is 0.340 e. The largest absolute Gasteiger partial charge is 0.462 e. The molecule has 43 heavy (non-hydrogen) atoms. The predicted octanol–water partition coefficient (Wildman–Crippen LogP) is 3.77. The lowest BCUT2D eigenvalue weighted by atomic mass is 9.97. The minimum absolute atomic E-state index is 0.171. The van der Waals surface area contributed by atoms with E-state index >= 15 is 0 Å². The van der Waals surface area contributed by atoms with Crippen molar-refractivity contribution in [2.45, 2.75) is 26.3 Å². The fourth-order valence-corrected chi connectivity index (χ4v) is 5.82. The molecule has 5 heterocycles. The topological polar surface area (TPSA) is 145 Å². The number of anilines is 1. The zero-order chi connectivity index (χ0) is 29.8. The number of nitrogens with zero attached hydrogens (tertiary/aromatic N) is 4. The number of fused-ring (bicyclic) bond motifs is 1. The maximum atomic E-state index is 12.8. The number of carbonyl (C=O) groups excluding carboxylic acids is 3. The van der Waals surface area contributed by atoms with Crippen LogP contribution in [0.5, 0.6) is 11.5 Å².